The fourth-order valence-electron chi connectivity index (χ4n) is 1.92. The molecule has 0 aliphatic heterocycles. The molecule has 0 saturated heterocycles. The second-order valence-corrected chi connectivity index (χ2v) is 4.00. The van der Waals surface area contributed by atoms with E-state index in [1.165, 1.54) is 0 Å². The van der Waals surface area contributed by atoms with Gasteiger partial charge in [-0.1, -0.05) is 60.7 Å². The first-order chi connectivity index (χ1) is 9.19. The average molecular weight is 258 g/mol. The van der Waals surface area contributed by atoms with Crippen molar-refractivity contribution in [3.8, 4) is 0 Å². The van der Waals surface area contributed by atoms with Crippen LogP contribution in [0.2, 0.25) is 0 Å². The fraction of sp³-hybridized carbons (Fsp3) is 0.133. The second-order valence-electron chi connectivity index (χ2n) is 4.00. The van der Waals surface area contributed by atoms with Gasteiger partial charge in [-0.2, -0.15) is 0 Å². The highest BCUT2D eigenvalue weighted by atomic mass is 16.6. The molecule has 2 N–H and O–H groups in total. The molecule has 0 aliphatic carbocycles. The molecule has 2 rings (SSSR count). The number of hydrogen-bond acceptors (Lipinski definition) is 4. The van der Waals surface area contributed by atoms with E-state index in [2.05, 4.69) is 4.74 Å². The molecule has 0 spiro atoms. The Labute approximate surface area is 110 Å². The molecule has 0 saturated carbocycles. The number of hydrogen-bond donors (Lipinski definition) is 2. The fourth-order valence-corrected chi connectivity index (χ4v) is 1.92. The SMILES string of the molecule is O=C(OCO)C(O)(c1ccccc1)c1ccccc1. The Morgan fingerprint density at radius 2 is 1.37 bits per heavy atom. The van der Waals surface area contributed by atoms with E-state index in [9.17, 15) is 9.90 Å². The Balaban J connectivity index is 2.54. The van der Waals surface area contributed by atoms with Gasteiger partial charge >= 0.3 is 5.97 Å². The van der Waals surface area contributed by atoms with Gasteiger partial charge in [-0.3, -0.25) is 0 Å². The lowest BCUT2D eigenvalue weighted by molar-refractivity contribution is -0.170. The van der Waals surface area contributed by atoms with Crippen molar-refractivity contribution in [2.24, 2.45) is 0 Å². The van der Waals surface area contributed by atoms with Gasteiger partial charge in [-0.25, -0.2) is 4.79 Å². The number of esters is 1. The molecule has 0 amide bonds. The lowest BCUT2D eigenvalue weighted by Gasteiger charge is -2.26. The Kier molecular flexibility index (Phi) is 3.94. The highest BCUT2D eigenvalue weighted by Gasteiger charge is 2.41. The third-order valence-corrected chi connectivity index (χ3v) is 2.87. The Bertz CT molecular complexity index is 497. The van der Waals surface area contributed by atoms with E-state index in [1.54, 1.807) is 60.7 Å². The normalized spacial score (nSPS) is 11.1. The molecule has 2 aromatic rings. The molecule has 0 atom stereocenters. The number of carbonyl (C=O) groups is 1. The molecule has 0 unspecified atom stereocenters. The van der Waals surface area contributed by atoms with Crippen molar-refractivity contribution in [1.29, 1.82) is 0 Å². The van der Waals surface area contributed by atoms with E-state index in [0.29, 0.717) is 11.1 Å². The van der Waals surface area contributed by atoms with Crippen molar-refractivity contribution in [3.63, 3.8) is 0 Å². The standard InChI is InChI=1S/C15H14O4/c16-11-19-14(17)15(18,12-7-3-1-4-8-12)13-9-5-2-6-10-13/h1-10,16,18H,11H2. The van der Waals surface area contributed by atoms with Crippen LogP contribution in [0.15, 0.2) is 60.7 Å². The van der Waals surface area contributed by atoms with Crippen molar-refractivity contribution >= 4 is 5.97 Å². The minimum Gasteiger partial charge on any atom is -0.436 e. The monoisotopic (exact) mass is 258 g/mol. The average Bonchev–Trinajstić information content (AvgIpc) is 2.48. The number of ether oxygens (including phenoxy) is 1. The smallest absolute Gasteiger partial charge is 0.349 e. The van der Waals surface area contributed by atoms with Gasteiger partial charge in [0.2, 0.25) is 5.60 Å². The Morgan fingerprint density at radius 3 is 1.74 bits per heavy atom. The van der Waals surface area contributed by atoms with Gasteiger partial charge in [0.05, 0.1) is 0 Å². The molecule has 0 radical (unpaired) electrons. The van der Waals surface area contributed by atoms with Crippen LogP contribution in [0.1, 0.15) is 11.1 Å². The van der Waals surface area contributed by atoms with Crippen LogP contribution >= 0.6 is 0 Å². The first kappa shape index (κ1) is 13.3. The summed E-state index contributed by atoms with van der Waals surface area (Å²) < 4.78 is 4.58. The van der Waals surface area contributed by atoms with Crippen LogP contribution in [-0.2, 0) is 15.1 Å². The Morgan fingerprint density at radius 1 is 0.947 bits per heavy atom. The van der Waals surface area contributed by atoms with Crippen molar-refractivity contribution in [2.75, 3.05) is 6.79 Å². The number of aliphatic hydroxyl groups is 2. The summed E-state index contributed by atoms with van der Waals surface area (Å²) >= 11 is 0. The first-order valence-corrected chi connectivity index (χ1v) is 5.81. The second kappa shape index (κ2) is 5.65. The number of aliphatic hydroxyl groups excluding tert-OH is 1. The summed E-state index contributed by atoms with van der Waals surface area (Å²) in [6, 6.07) is 17.0. The van der Waals surface area contributed by atoms with Gasteiger partial charge in [0.25, 0.3) is 0 Å². The van der Waals surface area contributed by atoms with Gasteiger partial charge < -0.3 is 14.9 Å². The molecular formula is C15H14O4. The third-order valence-electron chi connectivity index (χ3n) is 2.87. The summed E-state index contributed by atoms with van der Waals surface area (Å²) in [5.41, 5.74) is -1.15. The molecule has 0 aliphatic rings. The summed E-state index contributed by atoms with van der Waals surface area (Å²) in [5.74, 6) is -0.910. The Hall–Kier alpha value is -2.17. The zero-order chi connectivity index (χ0) is 13.7. The lowest BCUT2D eigenvalue weighted by atomic mass is 9.86. The van der Waals surface area contributed by atoms with Crippen molar-refractivity contribution in [1.82, 2.24) is 0 Å². The van der Waals surface area contributed by atoms with E-state index < -0.39 is 18.4 Å². The van der Waals surface area contributed by atoms with Crippen molar-refractivity contribution in [3.05, 3.63) is 71.8 Å². The molecular weight excluding hydrogens is 244 g/mol. The van der Waals surface area contributed by atoms with Gasteiger partial charge in [0.1, 0.15) is 0 Å². The summed E-state index contributed by atoms with van der Waals surface area (Å²) in [6.45, 7) is -0.777. The third kappa shape index (κ3) is 2.50. The van der Waals surface area contributed by atoms with Crippen LogP contribution in [0.25, 0.3) is 0 Å². The number of rotatable bonds is 4. The van der Waals surface area contributed by atoms with E-state index in [0.717, 1.165) is 0 Å². The van der Waals surface area contributed by atoms with Crippen molar-refractivity contribution in [2.45, 2.75) is 5.60 Å². The lowest BCUT2D eigenvalue weighted by Crippen LogP contribution is -2.38. The highest BCUT2D eigenvalue weighted by molar-refractivity contribution is 5.85. The van der Waals surface area contributed by atoms with Crippen LogP contribution in [-0.4, -0.2) is 23.0 Å². The van der Waals surface area contributed by atoms with Gasteiger partial charge in [0.15, 0.2) is 6.79 Å². The van der Waals surface area contributed by atoms with E-state index >= 15 is 0 Å². The summed E-state index contributed by atoms with van der Waals surface area (Å²) in [5, 5.41) is 19.5. The van der Waals surface area contributed by atoms with E-state index in [4.69, 9.17) is 5.11 Å². The van der Waals surface area contributed by atoms with Crippen molar-refractivity contribution < 1.29 is 19.7 Å². The zero-order valence-electron chi connectivity index (χ0n) is 10.2. The van der Waals surface area contributed by atoms with Gasteiger partial charge in [0, 0.05) is 0 Å². The van der Waals surface area contributed by atoms with Crippen LogP contribution in [0.3, 0.4) is 0 Å². The van der Waals surface area contributed by atoms with Crippen LogP contribution in [0, 0.1) is 0 Å². The molecule has 19 heavy (non-hydrogen) atoms. The molecule has 4 nitrogen and oxygen atoms in total. The van der Waals surface area contributed by atoms with Gasteiger partial charge in [-0.05, 0) is 11.1 Å². The molecule has 2 aromatic carbocycles. The summed E-state index contributed by atoms with van der Waals surface area (Å²) in [4.78, 5) is 12.0. The number of carbonyl (C=O) groups excluding carboxylic acids is 1. The quantitative estimate of drug-likeness (QED) is 0.643. The maximum absolute atomic E-state index is 12.0. The van der Waals surface area contributed by atoms with Crippen LogP contribution < -0.4 is 0 Å². The molecule has 0 fully saturated rings. The molecule has 0 heterocycles. The minimum absolute atomic E-state index is 0.389. The first-order valence-electron chi connectivity index (χ1n) is 5.81. The van der Waals surface area contributed by atoms with E-state index in [-0.39, 0.29) is 0 Å². The molecule has 98 valence electrons. The maximum atomic E-state index is 12.0. The van der Waals surface area contributed by atoms with E-state index in [1.807, 2.05) is 0 Å². The van der Waals surface area contributed by atoms with Gasteiger partial charge in [-0.15, -0.1) is 0 Å². The zero-order valence-corrected chi connectivity index (χ0v) is 10.2. The summed E-state index contributed by atoms with van der Waals surface area (Å²) in [6.07, 6.45) is 0. The van der Waals surface area contributed by atoms with Crippen LogP contribution in [0.4, 0.5) is 0 Å². The van der Waals surface area contributed by atoms with Crippen LogP contribution in [0.5, 0.6) is 0 Å². The maximum Gasteiger partial charge on any atom is 0.349 e. The predicted molar refractivity (Wildman–Crippen MR) is 69.1 cm³/mol. The largest absolute Gasteiger partial charge is 0.436 e. The topological polar surface area (TPSA) is 66.8 Å². The molecule has 0 aromatic heterocycles. The molecule has 4 heteroatoms. The highest BCUT2D eigenvalue weighted by Crippen LogP contribution is 2.30. The summed E-state index contributed by atoms with van der Waals surface area (Å²) in [7, 11) is 0. The minimum atomic E-state index is -1.93. The predicted octanol–water partition coefficient (Wildman–Crippen LogP) is 1.42. The number of benzene rings is 2. The molecule has 0 bridgehead atoms.